The molecule has 0 bridgehead atoms. The van der Waals surface area contributed by atoms with Crippen molar-refractivity contribution in [2.24, 2.45) is 5.92 Å². The first kappa shape index (κ1) is 20.0. The van der Waals surface area contributed by atoms with Gasteiger partial charge in [-0.15, -0.1) is 0 Å². The number of thiazole rings is 1. The molecule has 0 aliphatic carbocycles. The fourth-order valence-corrected chi connectivity index (χ4v) is 4.74. The molecule has 0 radical (unpaired) electrons. The molecule has 7 nitrogen and oxygen atoms in total. The summed E-state index contributed by atoms with van der Waals surface area (Å²) in [6.07, 6.45) is 0.396. The Hall–Kier alpha value is -2.32. The van der Waals surface area contributed by atoms with Gasteiger partial charge in [0, 0.05) is 25.4 Å². The van der Waals surface area contributed by atoms with Crippen molar-refractivity contribution in [1.29, 1.82) is 0 Å². The highest BCUT2D eigenvalue weighted by atomic mass is 32.1. The quantitative estimate of drug-likeness (QED) is 0.776. The first-order chi connectivity index (χ1) is 14.0. The van der Waals surface area contributed by atoms with Gasteiger partial charge in [0.1, 0.15) is 5.82 Å². The number of nitrogens with zero attached hydrogens (tertiary/aromatic N) is 2. The Bertz CT molecular complexity index is 877. The van der Waals surface area contributed by atoms with Gasteiger partial charge < -0.3 is 24.4 Å². The molecule has 3 heterocycles. The molecule has 0 saturated carbocycles. The zero-order chi connectivity index (χ0) is 20.4. The van der Waals surface area contributed by atoms with Crippen molar-refractivity contribution in [3.05, 3.63) is 28.6 Å². The zero-order valence-electron chi connectivity index (χ0n) is 17.1. The minimum Gasteiger partial charge on any atom is -0.493 e. The number of hydrogen-bond donors (Lipinski definition) is 1. The molecule has 1 saturated heterocycles. The number of aromatic nitrogens is 1. The highest BCUT2D eigenvalue weighted by molar-refractivity contribution is 7.16. The number of carbonyl (C=O) groups excluding carboxylic acids is 1. The summed E-state index contributed by atoms with van der Waals surface area (Å²) in [5, 5.41) is 3.88. The van der Waals surface area contributed by atoms with Crippen LogP contribution in [-0.2, 0) is 9.53 Å². The summed E-state index contributed by atoms with van der Waals surface area (Å²) < 4.78 is 16.9. The van der Waals surface area contributed by atoms with Gasteiger partial charge in [0.15, 0.2) is 16.6 Å². The number of ether oxygens (including phenoxy) is 3. The molecule has 1 atom stereocenters. The number of morpholine rings is 1. The van der Waals surface area contributed by atoms with Gasteiger partial charge in [0.2, 0.25) is 5.91 Å². The van der Waals surface area contributed by atoms with E-state index in [1.807, 2.05) is 18.2 Å². The van der Waals surface area contributed by atoms with Crippen LogP contribution in [0.3, 0.4) is 0 Å². The van der Waals surface area contributed by atoms with Gasteiger partial charge in [-0.25, -0.2) is 4.98 Å². The number of fused-ring (bicyclic) bond motifs is 1. The lowest BCUT2D eigenvalue weighted by atomic mass is 9.91. The van der Waals surface area contributed by atoms with E-state index in [2.05, 4.69) is 24.1 Å². The smallest absolute Gasteiger partial charge is 0.226 e. The van der Waals surface area contributed by atoms with Crippen LogP contribution >= 0.6 is 11.3 Å². The number of rotatable bonds is 6. The third-order valence-electron chi connectivity index (χ3n) is 5.05. The van der Waals surface area contributed by atoms with Gasteiger partial charge >= 0.3 is 0 Å². The molecule has 4 rings (SSSR count). The van der Waals surface area contributed by atoms with Crippen molar-refractivity contribution in [1.82, 2.24) is 4.98 Å². The number of benzene rings is 1. The minimum absolute atomic E-state index is 0.0135. The Kier molecular flexibility index (Phi) is 5.91. The standard InChI is InChI=1S/C21H27N3O4S/c1-13(2)12-28-16-5-4-14(10-17(16)26-3)15-11-18(25)22-20-19(15)29-21(23-20)24-6-8-27-9-7-24/h4-5,10,13,15H,6-9,11-12H2,1-3H3,(H,22,25). The van der Waals surface area contributed by atoms with Crippen molar-refractivity contribution in [2.75, 3.05) is 50.2 Å². The third-order valence-corrected chi connectivity index (χ3v) is 6.28. The van der Waals surface area contributed by atoms with Crippen LogP contribution in [0.5, 0.6) is 11.5 Å². The summed E-state index contributed by atoms with van der Waals surface area (Å²) in [6.45, 7) is 7.90. The van der Waals surface area contributed by atoms with Gasteiger partial charge in [-0.3, -0.25) is 4.79 Å². The maximum absolute atomic E-state index is 12.4. The molecule has 2 aliphatic heterocycles. The monoisotopic (exact) mass is 417 g/mol. The summed E-state index contributed by atoms with van der Waals surface area (Å²) in [4.78, 5) is 20.4. The number of carbonyl (C=O) groups is 1. The van der Waals surface area contributed by atoms with Crippen LogP contribution < -0.4 is 19.7 Å². The largest absolute Gasteiger partial charge is 0.493 e. The Balaban J connectivity index is 1.63. The van der Waals surface area contributed by atoms with E-state index in [1.54, 1.807) is 18.4 Å². The van der Waals surface area contributed by atoms with Crippen molar-refractivity contribution >= 4 is 28.2 Å². The number of hydrogen-bond acceptors (Lipinski definition) is 7. The van der Waals surface area contributed by atoms with Gasteiger partial charge in [-0.1, -0.05) is 31.3 Å². The molecule has 1 aromatic carbocycles. The molecule has 8 heteroatoms. The Morgan fingerprint density at radius 2 is 2.10 bits per heavy atom. The van der Waals surface area contributed by atoms with E-state index in [0.717, 1.165) is 34.4 Å². The normalized spacial score (nSPS) is 19.1. The second kappa shape index (κ2) is 8.59. The average molecular weight is 418 g/mol. The third kappa shape index (κ3) is 4.33. The van der Waals surface area contributed by atoms with Gasteiger partial charge in [-0.05, 0) is 23.6 Å². The minimum atomic E-state index is -0.0425. The number of methoxy groups -OCH3 is 1. The van der Waals surface area contributed by atoms with Crippen molar-refractivity contribution in [2.45, 2.75) is 26.2 Å². The number of nitrogens with one attached hydrogen (secondary N) is 1. The van der Waals surface area contributed by atoms with E-state index in [4.69, 9.17) is 19.2 Å². The van der Waals surface area contributed by atoms with Crippen molar-refractivity contribution < 1.29 is 19.0 Å². The van der Waals surface area contributed by atoms with Crippen LogP contribution in [0.1, 0.15) is 36.6 Å². The lowest BCUT2D eigenvalue weighted by molar-refractivity contribution is -0.116. The SMILES string of the molecule is COc1cc(C2CC(=O)Nc3nc(N4CCOCC4)sc32)ccc1OCC(C)C. The fraction of sp³-hybridized carbons (Fsp3) is 0.524. The summed E-state index contributed by atoms with van der Waals surface area (Å²) in [5.41, 5.74) is 1.03. The lowest BCUT2D eigenvalue weighted by Gasteiger charge is -2.26. The topological polar surface area (TPSA) is 72.9 Å². The molecular weight excluding hydrogens is 390 g/mol. The molecule has 2 aromatic rings. The molecule has 1 fully saturated rings. The van der Waals surface area contributed by atoms with E-state index in [1.165, 1.54) is 0 Å². The Morgan fingerprint density at radius 3 is 2.83 bits per heavy atom. The second-order valence-corrected chi connectivity index (χ2v) is 8.74. The van der Waals surface area contributed by atoms with Crippen LogP contribution in [-0.4, -0.2) is 50.9 Å². The van der Waals surface area contributed by atoms with Crippen molar-refractivity contribution in [3.63, 3.8) is 0 Å². The highest BCUT2D eigenvalue weighted by Crippen LogP contribution is 2.44. The van der Waals surface area contributed by atoms with Gasteiger partial charge in [0.25, 0.3) is 0 Å². The van der Waals surface area contributed by atoms with Gasteiger partial charge in [-0.2, -0.15) is 0 Å². The van der Waals surface area contributed by atoms with Crippen LogP contribution in [0.4, 0.5) is 10.9 Å². The van der Waals surface area contributed by atoms with E-state index >= 15 is 0 Å². The second-order valence-electron chi connectivity index (χ2n) is 7.73. The molecule has 156 valence electrons. The van der Waals surface area contributed by atoms with E-state index in [9.17, 15) is 4.79 Å². The van der Waals surface area contributed by atoms with Gasteiger partial charge in [0.05, 0.1) is 31.8 Å². The van der Waals surface area contributed by atoms with E-state index in [0.29, 0.717) is 43.7 Å². The van der Waals surface area contributed by atoms with Crippen LogP contribution in [0.2, 0.25) is 0 Å². The molecule has 1 aromatic heterocycles. The molecular formula is C21H27N3O4S. The summed E-state index contributed by atoms with van der Waals surface area (Å²) >= 11 is 1.65. The molecule has 0 spiro atoms. The van der Waals surface area contributed by atoms with Crippen molar-refractivity contribution in [3.8, 4) is 11.5 Å². The van der Waals surface area contributed by atoms with Crippen LogP contribution in [0.25, 0.3) is 0 Å². The fourth-order valence-electron chi connectivity index (χ4n) is 3.54. The molecule has 1 unspecified atom stereocenters. The first-order valence-electron chi connectivity index (χ1n) is 9.99. The molecule has 1 amide bonds. The summed E-state index contributed by atoms with van der Waals surface area (Å²) in [5.74, 6) is 2.47. The molecule has 2 aliphatic rings. The zero-order valence-corrected chi connectivity index (χ0v) is 17.9. The Morgan fingerprint density at radius 1 is 1.31 bits per heavy atom. The number of amides is 1. The maximum Gasteiger partial charge on any atom is 0.226 e. The number of anilines is 2. The lowest BCUT2D eigenvalue weighted by Crippen LogP contribution is -2.36. The molecule has 29 heavy (non-hydrogen) atoms. The highest BCUT2D eigenvalue weighted by Gasteiger charge is 2.32. The summed E-state index contributed by atoms with van der Waals surface area (Å²) in [6, 6.07) is 5.95. The van der Waals surface area contributed by atoms with E-state index in [-0.39, 0.29) is 11.8 Å². The predicted molar refractivity (Wildman–Crippen MR) is 114 cm³/mol. The summed E-state index contributed by atoms with van der Waals surface area (Å²) in [7, 11) is 1.64. The van der Waals surface area contributed by atoms with E-state index < -0.39 is 0 Å². The Labute approximate surface area is 175 Å². The molecule has 1 N–H and O–H groups in total. The first-order valence-corrected chi connectivity index (χ1v) is 10.8. The average Bonchev–Trinajstić information content (AvgIpc) is 3.16. The van der Waals surface area contributed by atoms with Crippen LogP contribution in [0, 0.1) is 5.92 Å². The van der Waals surface area contributed by atoms with Crippen LogP contribution in [0.15, 0.2) is 18.2 Å². The predicted octanol–water partition coefficient (Wildman–Crippen LogP) is 3.50. The maximum atomic E-state index is 12.4.